The second-order valence-corrected chi connectivity index (χ2v) is 7.19. The molecule has 0 aliphatic carbocycles. The van der Waals surface area contributed by atoms with Gasteiger partial charge in [-0.1, -0.05) is 34.6 Å². The lowest BCUT2D eigenvalue weighted by Crippen LogP contribution is -2.15. The summed E-state index contributed by atoms with van der Waals surface area (Å²) >= 11 is 4.17. The summed E-state index contributed by atoms with van der Waals surface area (Å²) in [6.07, 6.45) is 1.27. The van der Waals surface area contributed by atoms with Gasteiger partial charge in [-0.2, -0.15) is 0 Å². The average molecular weight is 230 g/mol. The Morgan fingerprint density at radius 2 is 1.79 bits per heavy atom. The zero-order chi connectivity index (χ0) is 10.8. The Balaban J connectivity index is 2.97. The van der Waals surface area contributed by atoms with Gasteiger partial charge in [-0.3, -0.25) is 0 Å². The third-order valence-corrected chi connectivity index (χ3v) is 5.79. The summed E-state index contributed by atoms with van der Waals surface area (Å²) in [5.41, 5.74) is 0.344. The van der Waals surface area contributed by atoms with Crippen molar-refractivity contribution in [3.63, 3.8) is 0 Å². The van der Waals surface area contributed by atoms with E-state index in [1.54, 1.807) is 9.81 Å². The number of rotatable bonds is 2. The zero-order valence-corrected chi connectivity index (χ0v) is 11.6. The van der Waals surface area contributed by atoms with Gasteiger partial charge in [-0.15, -0.1) is 23.5 Å². The van der Waals surface area contributed by atoms with Crippen LogP contribution in [0.2, 0.25) is 0 Å². The zero-order valence-electron chi connectivity index (χ0n) is 10.0. The first-order valence-corrected chi connectivity index (χ1v) is 7.44. The van der Waals surface area contributed by atoms with Crippen LogP contribution < -0.4 is 0 Å². The molecule has 1 atom stereocenters. The van der Waals surface area contributed by atoms with Crippen molar-refractivity contribution in [2.45, 2.75) is 41.0 Å². The Kier molecular flexibility index (Phi) is 4.45. The molecule has 0 aromatic heterocycles. The van der Waals surface area contributed by atoms with E-state index in [0.29, 0.717) is 5.41 Å². The molecule has 0 fully saturated rings. The second-order valence-electron chi connectivity index (χ2n) is 4.95. The van der Waals surface area contributed by atoms with Crippen molar-refractivity contribution in [2.75, 3.05) is 11.5 Å². The molecule has 1 rings (SSSR count). The Hall–Kier alpha value is 0.440. The first kappa shape index (κ1) is 12.5. The molecule has 0 amide bonds. The quantitative estimate of drug-likeness (QED) is 0.670. The summed E-state index contributed by atoms with van der Waals surface area (Å²) in [6, 6.07) is 0. The van der Waals surface area contributed by atoms with Crippen molar-refractivity contribution in [3.8, 4) is 0 Å². The summed E-state index contributed by atoms with van der Waals surface area (Å²) in [4.78, 5) is 3.30. The lowest BCUT2D eigenvalue weighted by molar-refractivity contribution is 0.521. The van der Waals surface area contributed by atoms with E-state index < -0.39 is 0 Å². The van der Waals surface area contributed by atoms with Crippen LogP contribution in [0.15, 0.2) is 9.81 Å². The number of hydrogen-bond donors (Lipinski definition) is 0. The topological polar surface area (TPSA) is 0 Å². The van der Waals surface area contributed by atoms with Crippen LogP contribution in [0.1, 0.15) is 41.0 Å². The maximum Gasteiger partial charge on any atom is 0.00717 e. The van der Waals surface area contributed by atoms with E-state index in [-0.39, 0.29) is 0 Å². The molecule has 1 heterocycles. The molecule has 14 heavy (non-hydrogen) atoms. The molecule has 1 aliphatic rings. The lowest BCUT2D eigenvalue weighted by Gasteiger charge is -2.31. The fraction of sp³-hybridized carbons (Fsp3) is 0.833. The van der Waals surface area contributed by atoms with Crippen LogP contribution in [0.25, 0.3) is 0 Å². The Bertz CT molecular complexity index is 223. The number of thioether (sulfide) groups is 2. The largest absolute Gasteiger partial charge is 0.129 e. The van der Waals surface area contributed by atoms with E-state index in [9.17, 15) is 0 Å². The predicted molar refractivity (Wildman–Crippen MR) is 70.9 cm³/mol. The van der Waals surface area contributed by atoms with Crippen LogP contribution in [0.4, 0.5) is 0 Å². The highest BCUT2D eigenvalue weighted by Gasteiger charge is 2.26. The molecule has 1 aliphatic heterocycles. The van der Waals surface area contributed by atoms with Crippen molar-refractivity contribution >= 4 is 23.5 Å². The molecular formula is C12H22S2. The summed E-state index contributed by atoms with van der Waals surface area (Å²) in [5.74, 6) is 3.34. The van der Waals surface area contributed by atoms with Crippen LogP contribution in [0.5, 0.6) is 0 Å². The van der Waals surface area contributed by atoms with Crippen molar-refractivity contribution < 1.29 is 0 Å². The fourth-order valence-corrected chi connectivity index (χ4v) is 4.68. The van der Waals surface area contributed by atoms with Crippen LogP contribution in [0, 0.1) is 11.3 Å². The molecule has 0 aromatic carbocycles. The summed E-state index contributed by atoms with van der Waals surface area (Å²) in [7, 11) is 0. The smallest absolute Gasteiger partial charge is 0.00717 e. The molecule has 0 N–H and O–H groups in total. The van der Waals surface area contributed by atoms with Gasteiger partial charge in [0.25, 0.3) is 0 Å². The normalized spacial score (nSPS) is 21.2. The molecule has 0 saturated carbocycles. The molecule has 2 heteroatoms. The van der Waals surface area contributed by atoms with E-state index in [1.807, 2.05) is 0 Å². The monoisotopic (exact) mass is 230 g/mol. The van der Waals surface area contributed by atoms with Crippen molar-refractivity contribution in [2.24, 2.45) is 11.3 Å². The molecule has 0 saturated heterocycles. The van der Waals surface area contributed by atoms with Crippen LogP contribution in [0.3, 0.4) is 0 Å². The van der Waals surface area contributed by atoms with Crippen molar-refractivity contribution in [1.82, 2.24) is 0 Å². The maximum absolute atomic E-state index is 2.36. The molecule has 0 aromatic rings. The van der Waals surface area contributed by atoms with Gasteiger partial charge in [0.05, 0.1) is 0 Å². The first-order valence-electron chi connectivity index (χ1n) is 5.47. The molecule has 1 unspecified atom stereocenters. The minimum absolute atomic E-state index is 0.344. The van der Waals surface area contributed by atoms with Crippen molar-refractivity contribution in [3.05, 3.63) is 9.81 Å². The highest BCUT2D eigenvalue weighted by Crippen LogP contribution is 2.47. The minimum Gasteiger partial charge on any atom is -0.129 e. The SMILES string of the molecule is CCC(C)C1=C(C(C)(C)C)SCCS1. The number of allylic oxidation sites excluding steroid dienone is 2. The molecular weight excluding hydrogens is 208 g/mol. The Morgan fingerprint density at radius 1 is 1.21 bits per heavy atom. The second kappa shape index (κ2) is 4.98. The van der Waals surface area contributed by atoms with Crippen LogP contribution in [-0.4, -0.2) is 11.5 Å². The molecule has 0 radical (unpaired) electrons. The van der Waals surface area contributed by atoms with Gasteiger partial charge in [0.2, 0.25) is 0 Å². The number of hydrogen-bond acceptors (Lipinski definition) is 2. The molecule has 0 bridgehead atoms. The van der Waals surface area contributed by atoms with Crippen molar-refractivity contribution in [1.29, 1.82) is 0 Å². The van der Waals surface area contributed by atoms with Gasteiger partial charge in [0, 0.05) is 11.5 Å². The average Bonchev–Trinajstić information content (AvgIpc) is 2.15. The van der Waals surface area contributed by atoms with Crippen LogP contribution >= 0.6 is 23.5 Å². The maximum atomic E-state index is 2.36. The van der Waals surface area contributed by atoms with Gasteiger partial charge in [-0.05, 0) is 27.6 Å². The standard InChI is InChI=1S/C12H22S2/c1-6-9(2)10-11(12(3,4)5)14-8-7-13-10/h9H,6-8H2,1-5H3. The lowest BCUT2D eigenvalue weighted by atomic mass is 9.93. The van der Waals surface area contributed by atoms with Gasteiger partial charge >= 0.3 is 0 Å². The molecule has 0 nitrogen and oxygen atoms in total. The summed E-state index contributed by atoms with van der Waals surface area (Å²) in [6.45, 7) is 11.7. The van der Waals surface area contributed by atoms with Gasteiger partial charge in [0.1, 0.15) is 0 Å². The highest BCUT2D eigenvalue weighted by molar-refractivity contribution is 8.10. The highest BCUT2D eigenvalue weighted by atomic mass is 32.2. The fourth-order valence-electron chi connectivity index (χ4n) is 1.57. The first-order chi connectivity index (χ1) is 6.46. The third-order valence-electron chi connectivity index (χ3n) is 2.55. The molecule has 0 spiro atoms. The van der Waals surface area contributed by atoms with Crippen LogP contribution in [-0.2, 0) is 0 Å². The van der Waals surface area contributed by atoms with Gasteiger partial charge in [-0.25, -0.2) is 0 Å². The van der Waals surface area contributed by atoms with E-state index in [0.717, 1.165) is 5.92 Å². The summed E-state index contributed by atoms with van der Waals surface area (Å²) < 4.78 is 0. The van der Waals surface area contributed by atoms with E-state index in [2.05, 4.69) is 58.1 Å². The Labute approximate surface area is 97.3 Å². The van der Waals surface area contributed by atoms with Gasteiger partial charge in [0.15, 0.2) is 0 Å². The Morgan fingerprint density at radius 3 is 2.29 bits per heavy atom. The summed E-state index contributed by atoms with van der Waals surface area (Å²) in [5, 5.41) is 0. The minimum atomic E-state index is 0.344. The van der Waals surface area contributed by atoms with E-state index >= 15 is 0 Å². The predicted octanol–water partition coefficient (Wildman–Crippen LogP) is 4.77. The molecule has 82 valence electrons. The van der Waals surface area contributed by atoms with E-state index in [1.165, 1.54) is 17.9 Å². The van der Waals surface area contributed by atoms with Gasteiger partial charge < -0.3 is 0 Å². The van der Waals surface area contributed by atoms with E-state index in [4.69, 9.17) is 0 Å². The third kappa shape index (κ3) is 2.96.